The molecule has 0 fully saturated rings. The molecule has 0 aromatic rings. The third kappa shape index (κ3) is 670. The lowest BCUT2D eigenvalue weighted by Crippen LogP contribution is -2.16. The molecule has 10 nitrogen and oxygen atoms in total. The summed E-state index contributed by atoms with van der Waals surface area (Å²) in [4.78, 5) is 44.4. The van der Waals surface area contributed by atoms with Gasteiger partial charge in [0.05, 0.1) is 0 Å². The Labute approximate surface area is 154 Å². The number of hydrogen-bond donors (Lipinski definition) is 0. The monoisotopic (exact) mass is 379 g/mol. The number of carbonyl (C=O) groups excluding carboxylic acids is 5. The highest BCUT2D eigenvalue weighted by Gasteiger charge is 1.47. The van der Waals surface area contributed by atoms with E-state index in [0.717, 1.165) is 34.6 Å². The zero-order chi connectivity index (χ0) is 23.9. The predicted molar refractivity (Wildman–Crippen MR) is 87.2 cm³/mol. The van der Waals surface area contributed by atoms with E-state index in [1.165, 1.54) is 0 Å². The average molecular weight is 379 g/mol. The van der Waals surface area contributed by atoms with Crippen molar-refractivity contribution in [1.82, 2.24) is 0 Å². The first-order valence-corrected chi connectivity index (χ1v) is 6.04. The van der Waals surface area contributed by atoms with Crippen molar-refractivity contribution in [3.05, 3.63) is 39.5 Å². The molecule has 0 aliphatic heterocycles. The zero-order valence-electron chi connectivity index (χ0n) is 15.8. The second-order valence-corrected chi connectivity index (χ2v) is 2.46. The lowest BCUT2D eigenvalue weighted by Gasteiger charge is -1.77. The van der Waals surface area contributed by atoms with Crippen molar-refractivity contribution in [2.75, 3.05) is 0 Å². The Bertz CT molecular complexity index is 244. The average Bonchev–Trinajstić information content (AvgIpc) is 2.41. The minimum absolute atomic E-state index is 0.972. The minimum Gasteiger partial charge on any atom is -0.550 e. The molecule has 26 heavy (non-hydrogen) atoms. The molecule has 0 aliphatic carbocycles. The van der Waals surface area contributed by atoms with E-state index in [1.807, 2.05) is 0 Å². The van der Waals surface area contributed by atoms with Crippen LogP contribution in [0.15, 0.2) is 39.5 Å². The van der Waals surface area contributed by atoms with Crippen LogP contribution in [0.3, 0.4) is 0 Å². The van der Waals surface area contributed by atoms with Crippen molar-refractivity contribution in [2.45, 2.75) is 34.6 Å². The van der Waals surface area contributed by atoms with Gasteiger partial charge in [-0.3, -0.25) is 0 Å². The molecular formula is C16H27O10-5. The lowest BCUT2D eigenvalue weighted by molar-refractivity contribution is -0.303. The van der Waals surface area contributed by atoms with E-state index in [0.29, 0.717) is 0 Å². The van der Waals surface area contributed by atoms with Crippen LogP contribution in [0.25, 0.3) is 0 Å². The molecule has 0 aromatic heterocycles. The Balaban J connectivity index is -0.0000000242. The van der Waals surface area contributed by atoms with Gasteiger partial charge < -0.3 is 49.5 Å². The third-order valence-corrected chi connectivity index (χ3v) is 0. The van der Waals surface area contributed by atoms with Crippen LogP contribution in [0.5, 0.6) is 0 Å². The number of carboxylic acids is 5. The second-order valence-electron chi connectivity index (χ2n) is 2.46. The van der Waals surface area contributed by atoms with Crippen LogP contribution in [-0.2, 0) is 24.0 Å². The van der Waals surface area contributed by atoms with Crippen molar-refractivity contribution < 1.29 is 49.5 Å². The fourth-order valence-electron chi connectivity index (χ4n) is 0. The number of carbonyl (C=O) groups is 5. The van der Waals surface area contributed by atoms with Gasteiger partial charge in [-0.1, -0.05) is 0 Å². The van der Waals surface area contributed by atoms with E-state index in [-0.39, 0.29) is 0 Å². The molecule has 10 heteroatoms. The fourth-order valence-corrected chi connectivity index (χ4v) is 0. The van der Waals surface area contributed by atoms with Crippen LogP contribution in [0, 0.1) is 0 Å². The summed E-state index contributed by atoms with van der Waals surface area (Å²) in [7, 11) is 0. The maximum absolute atomic E-state index is 8.89. The van der Waals surface area contributed by atoms with E-state index in [9.17, 15) is 0 Å². The second kappa shape index (κ2) is 68.2. The molecule has 0 amide bonds. The van der Waals surface area contributed by atoms with E-state index in [2.05, 4.69) is 39.5 Å². The van der Waals surface area contributed by atoms with Crippen LogP contribution >= 0.6 is 0 Å². The molecule has 0 saturated carbocycles. The van der Waals surface area contributed by atoms with Crippen LogP contribution in [-0.4, -0.2) is 29.8 Å². The summed E-state index contributed by atoms with van der Waals surface area (Å²) in [5.74, 6) is -5.42. The summed E-state index contributed by atoms with van der Waals surface area (Å²) in [6, 6.07) is 0. The topological polar surface area (TPSA) is 201 Å². The quantitative estimate of drug-likeness (QED) is 0.375. The Hall–Kier alpha value is -3.43. The first kappa shape index (κ1) is 49.5. The van der Waals surface area contributed by atoms with Crippen molar-refractivity contribution in [3.63, 3.8) is 0 Å². The minimum atomic E-state index is -1.08. The summed E-state index contributed by atoms with van der Waals surface area (Å²) in [5.41, 5.74) is 0. The Morgan fingerprint density at radius 2 is 0.385 bits per heavy atom. The van der Waals surface area contributed by atoms with Gasteiger partial charge in [0, 0.05) is 29.8 Å². The van der Waals surface area contributed by atoms with Gasteiger partial charge in [-0.25, -0.2) is 0 Å². The summed E-state index contributed by atoms with van der Waals surface area (Å²) < 4.78 is 0. The van der Waals surface area contributed by atoms with Crippen molar-refractivity contribution in [2.24, 2.45) is 0 Å². The maximum atomic E-state index is 8.89. The van der Waals surface area contributed by atoms with Gasteiger partial charge in [0.2, 0.25) is 0 Å². The summed E-state index contributed by atoms with van der Waals surface area (Å²) in [5, 5.41) is 44.4. The van der Waals surface area contributed by atoms with Gasteiger partial charge in [-0.2, -0.15) is 0 Å². The molecule has 0 saturated heterocycles. The van der Waals surface area contributed by atoms with Crippen LogP contribution in [0.1, 0.15) is 34.6 Å². The lowest BCUT2D eigenvalue weighted by atomic mass is 10.9. The van der Waals surface area contributed by atoms with Crippen molar-refractivity contribution in [1.29, 1.82) is 0 Å². The van der Waals surface area contributed by atoms with E-state index >= 15 is 0 Å². The largest absolute Gasteiger partial charge is 0.550 e. The van der Waals surface area contributed by atoms with Gasteiger partial charge in [-0.15, -0.1) is 39.5 Å². The Kier molecular flexibility index (Phi) is 130. The number of aliphatic carboxylic acids is 5. The van der Waals surface area contributed by atoms with E-state index in [1.54, 1.807) is 0 Å². The molecule has 0 aromatic carbocycles. The molecule has 0 rings (SSSR count). The molecule has 0 heterocycles. The zero-order valence-corrected chi connectivity index (χ0v) is 15.8. The summed E-state index contributed by atoms with van der Waals surface area (Å²) in [6.07, 6.45) is 0. The smallest absolute Gasteiger partial charge is 0.0383 e. The molecule has 0 atom stereocenters. The Morgan fingerprint density at radius 1 is 0.385 bits per heavy atom. The van der Waals surface area contributed by atoms with Crippen LogP contribution in [0.2, 0.25) is 0 Å². The van der Waals surface area contributed by atoms with Crippen LogP contribution in [0.4, 0.5) is 0 Å². The predicted octanol–water partition coefficient (Wildman–Crippen LogP) is -3.81. The highest BCUT2D eigenvalue weighted by Crippen LogP contribution is 1.32. The van der Waals surface area contributed by atoms with Gasteiger partial charge in [0.15, 0.2) is 0 Å². The molecular weight excluding hydrogens is 352 g/mol. The highest BCUT2D eigenvalue weighted by atomic mass is 16.4. The molecule has 156 valence electrons. The standard InChI is InChI=1S/5C2H4O2.3C2H4/c5*1-2(3)4;3*1-2/h5*1H3,(H,3,4);3*1-2H2/p-5. The van der Waals surface area contributed by atoms with Crippen molar-refractivity contribution >= 4 is 29.8 Å². The molecule has 0 unspecified atom stereocenters. The highest BCUT2D eigenvalue weighted by molar-refractivity contribution is 5.61. The first-order chi connectivity index (χ1) is 11.7. The number of carboxylic acid groups (broad SMARTS) is 5. The maximum Gasteiger partial charge on any atom is 0.0383 e. The molecule has 0 aliphatic rings. The Morgan fingerprint density at radius 3 is 0.385 bits per heavy atom. The van der Waals surface area contributed by atoms with Gasteiger partial charge in [-0.05, 0) is 34.6 Å². The third-order valence-electron chi connectivity index (χ3n) is 0. The summed E-state index contributed by atoms with van der Waals surface area (Å²) >= 11 is 0. The SMILES string of the molecule is C=C.C=C.C=C.CC(=O)[O-].CC(=O)[O-].CC(=O)[O-].CC(=O)[O-].CC(=O)[O-]. The molecule has 0 bridgehead atoms. The van der Waals surface area contributed by atoms with Crippen LogP contribution < -0.4 is 25.5 Å². The first-order valence-electron chi connectivity index (χ1n) is 6.04. The number of rotatable bonds is 0. The number of hydrogen-bond acceptors (Lipinski definition) is 10. The fraction of sp³-hybridized carbons (Fsp3) is 0.312. The molecule has 0 spiro atoms. The molecule has 0 N–H and O–H groups in total. The van der Waals surface area contributed by atoms with E-state index in [4.69, 9.17) is 49.5 Å². The van der Waals surface area contributed by atoms with Gasteiger partial charge in [0.25, 0.3) is 0 Å². The summed E-state index contributed by atoms with van der Waals surface area (Å²) in [6.45, 7) is 22.9. The molecule has 0 radical (unpaired) electrons. The van der Waals surface area contributed by atoms with E-state index < -0.39 is 29.8 Å². The van der Waals surface area contributed by atoms with Crippen molar-refractivity contribution in [3.8, 4) is 0 Å². The van der Waals surface area contributed by atoms with Gasteiger partial charge in [0.1, 0.15) is 0 Å². The van der Waals surface area contributed by atoms with Gasteiger partial charge >= 0.3 is 0 Å². The normalized spacial score (nSPS) is 5.27.